The van der Waals surface area contributed by atoms with Crippen molar-refractivity contribution in [2.45, 2.75) is 23.9 Å². The summed E-state index contributed by atoms with van der Waals surface area (Å²) in [5.74, 6) is 1.11. The molecule has 3 aliphatic heterocycles. The Kier molecular flexibility index (Phi) is 4.82. The smallest absolute Gasteiger partial charge is 0.129 e. The number of anilines is 2. The predicted molar refractivity (Wildman–Crippen MR) is 129 cm³/mol. The van der Waals surface area contributed by atoms with Gasteiger partial charge in [0.05, 0.1) is 32.9 Å². The van der Waals surface area contributed by atoms with E-state index in [-0.39, 0.29) is 36.3 Å². The lowest BCUT2D eigenvalue weighted by atomic mass is 9.71. The molecule has 2 N–H and O–H groups in total. The fourth-order valence-electron chi connectivity index (χ4n) is 5.99. The van der Waals surface area contributed by atoms with Crippen molar-refractivity contribution in [2.75, 3.05) is 37.6 Å². The first-order valence-corrected chi connectivity index (χ1v) is 11.8. The summed E-state index contributed by atoms with van der Waals surface area (Å²) in [5.41, 5.74) is 6.35. The Labute approximate surface area is 200 Å². The molecular formula is C26H24BrFN2O3. The second-order valence-corrected chi connectivity index (χ2v) is 9.81. The van der Waals surface area contributed by atoms with Crippen LogP contribution in [0.5, 0.6) is 11.5 Å². The molecule has 170 valence electrons. The molecule has 7 heteroatoms. The number of nitrogens with one attached hydrogen (secondary N) is 1. The number of aliphatic hydroxyl groups is 1. The van der Waals surface area contributed by atoms with Gasteiger partial charge in [0.1, 0.15) is 17.3 Å². The molecule has 0 spiro atoms. The van der Waals surface area contributed by atoms with Crippen LogP contribution < -0.4 is 19.7 Å². The molecule has 4 atom stereocenters. The Morgan fingerprint density at radius 2 is 1.88 bits per heavy atom. The number of rotatable bonds is 3. The van der Waals surface area contributed by atoms with Gasteiger partial charge in [-0.1, -0.05) is 28.1 Å². The van der Waals surface area contributed by atoms with Crippen LogP contribution >= 0.6 is 15.9 Å². The summed E-state index contributed by atoms with van der Waals surface area (Å²) in [6.07, 6.45) is 0. The zero-order valence-electron chi connectivity index (χ0n) is 18.3. The van der Waals surface area contributed by atoms with Crippen LogP contribution in [0.3, 0.4) is 0 Å². The van der Waals surface area contributed by atoms with Gasteiger partial charge in [-0.3, -0.25) is 0 Å². The second-order valence-electron chi connectivity index (χ2n) is 8.89. The normalized spacial score (nSPS) is 24.1. The highest BCUT2D eigenvalue weighted by Gasteiger charge is 2.51. The molecule has 3 aromatic carbocycles. The Balaban J connectivity index is 1.65. The van der Waals surface area contributed by atoms with Crippen molar-refractivity contribution in [1.82, 2.24) is 0 Å². The maximum Gasteiger partial charge on any atom is 0.129 e. The lowest BCUT2D eigenvalue weighted by Crippen LogP contribution is -2.46. The van der Waals surface area contributed by atoms with Gasteiger partial charge in [-0.2, -0.15) is 0 Å². The average molecular weight is 511 g/mol. The Morgan fingerprint density at radius 1 is 1.06 bits per heavy atom. The molecule has 5 nitrogen and oxygen atoms in total. The van der Waals surface area contributed by atoms with Crippen molar-refractivity contribution in [3.05, 3.63) is 81.1 Å². The molecular weight excluding hydrogens is 487 g/mol. The lowest BCUT2D eigenvalue weighted by Gasteiger charge is -2.50. The number of ether oxygens (including phenoxy) is 2. The van der Waals surface area contributed by atoms with Crippen LogP contribution in [0.25, 0.3) is 0 Å². The number of hydrogen-bond acceptors (Lipinski definition) is 5. The van der Waals surface area contributed by atoms with Gasteiger partial charge >= 0.3 is 0 Å². The largest absolute Gasteiger partial charge is 0.497 e. The molecule has 0 radical (unpaired) electrons. The molecule has 33 heavy (non-hydrogen) atoms. The molecule has 0 amide bonds. The van der Waals surface area contributed by atoms with Crippen molar-refractivity contribution in [3.8, 4) is 11.5 Å². The highest BCUT2D eigenvalue weighted by atomic mass is 79.9. The van der Waals surface area contributed by atoms with Crippen LogP contribution in [0, 0.1) is 5.82 Å². The molecule has 3 heterocycles. The number of nitrogens with zero attached hydrogens (tertiary/aromatic N) is 1. The fraction of sp³-hybridized carbons (Fsp3) is 0.308. The maximum absolute atomic E-state index is 14.3. The molecule has 0 fully saturated rings. The first-order chi connectivity index (χ1) is 16.0. The summed E-state index contributed by atoms with van der Waals surface area (Å²) in [7, 11) is 3.33. The van der Waals surface area contributed by atoms with Gasteiger partial charge in [0, 0.05) is 51.9 Å². The third kappa shape index (κ3) is 2.98. The zero-order chi connectivity index (χ0) is 22.9. The summed E-state index contributed by atoms with van der Waals surface area (Å²) in [6, 6.07) is 15.3. The minimum Gasteiger partial charge on any atom is -0.497 e. The summed E-state index contributed by atoms with van der Waals surface area (Å²) in [5, 5.41) is 14.0. The summed E-state index contributed by atoms with van der Waals surface area (Å²) in [6.45, 7) is 0.530. The Morgan fingerprint density at radius 3 is 2.64 bits per heavy atom. The summed E-state index contributed by atoms with van der Waals surface area (Å²) >= 11 is 3.60. The minimum atomic E-state index is -0.273. The Bertz CT molecular complexity index is 1270. The topological polar surface area (TPSA) is 54.0 Å². The number of hydrogen-bond donors (Lipinski definition) is 2. The van der Waals surface area contributed by atoms with E-state index < -0.39 is 0 Å². The summed E-state index contributed by atoms with van der Waals surface area (Å²) in [4.78, 5) is 2.35. The van der Waals surface area contributed by atoms with E-state index >= 15 is 0 Å². The van der Waals surface area contributed by atoms with E-state index in [0.717, 1.165) is 38.3 Å². The molecule has 0 aromatic heterocycles. The third-order valence-electron chi connectivity index (χ3n) is 7.34. The van der Waals surface area contributed by atoms with E-state index in [1.165, 1.54) is 11.6 Å². The van der Waals surface area contributed by atoms with Gasteiger partial charge in [0.25, 0.3) is 0 Å². The van der Waals surface area contributed by atoms with Gasteiger partial charge in [-0.25, -0.2) is 4.39 Å². The maximum atomic E-state index is 14.3. The monoisotopic (exact) mass is 510 g/mol. The standard InChI is InChI=1S/C26H24BrFN2O3/c1-32-16-9-21-24(22(10-16)33-2)25-23(18-5-3-14(27)7-20(18)29-25)26-17-6-4-15(28)8-19(17)13(12-31)11-30(21)26/h3-10,13,23,25-26,29,31H,11-12H2,1-2H3/t13-,23+,25-,26+/m1/s1. The number of halogens is 2. The third-order valence-corrected chi connectivity index (χ3v) is 7.83. The average Bonchev–Trinajstić information content (AvgIpc) is 3.20. The molecule has 0 saturated carbocycles. The van der Waals surface area contributed by atoms with E-state index in [2.05, 4.69) is 44.3 Å². The van der Waals surface area contributed by atoms with Crippen molar-refractivity contribution >= 4 is 27.3 Å². The highest BCUT2D eigenvalue weighted by molar-refractivity contribution is 9.10. The molecule has 6 rings (SSSR count). The molecule has 3 aromatic rings. The van der Waals surface area contributed by atoms with Gasteiger partial charge in [-0.15, -0.1) is 0 Å². The van der Waals surface area contributed by atoms with E-state index in [1.54, 1.807) is 20.3 Å². The molecule has 3 aliphatic rings. The van der Waals surface area contributed by atoms with E-state index in [9.17, 15) is 9.50 Å². The number of methoxy groups -OCH3 is 2. The van der Waals surface area contributed by atoms with Crippen molar-refractivity contribution in [1.29, 1.82) is 0 Å². The number of benzene rings is 3. The number of aliphatic hydroxyl groups excluding tert-OH is 1. The molecule has 0 aliphatic carbocycles. The molecule has 0 unspecified atom stereocenters. The van der Waals surface area contributed by atoms with Gasteiger partial charge in [-0.05, 0) is 41.0 Å². The van der Waals surface area contributed by atoms with Gasteiger partial charge in [0.15, 0.2) is 0 Å². The minimum absolute atomic E-state index is 0.0185. The van der Waals surface area contributed by atoms with E-state index in [4.69, 9.17) is 9.47 Å². The van der Waals surface area contributed by atoms with Crippen molar-refractivity contribution < 1.29 is 19.0 Å². The van der Waals surface area contributed by atoms with Crippen LogP contribution in [-0.2, 0) is 0 Å². The zero-order valence-corrected chi connectivity index (χ0v) is 19.9. The molecule has 0 bridgehead atoms. The van der Waals surface area contributed by atoms with E-state index in [0.29, 0.717) is 12.3 Å². The van der Waals surface area contributed by atoms with Crippen LogP contribution in [0.1, 0.15) is 46.2 Å². The van der Waals surface area contributed by atoms with Crippen LogP contribution in [0.2, 0.25) is 0 Å². The summed E-state index contributed by atoms with van der Waals surface area (Å²) < 4.78 is 26.7. The van der Waals surface area contributed by atoms with Crippen LogP contribution in [0.4, 0.5) is 15.8 Å². The SMILES string of the molecule is COc1cc(OC)c2c(c1)N1C[C@H](CO)c3cc(F)ccc3[C@H]1[C@H]1c3ccc(Br)cc3N[C@@H]21. The van der Waals surface area contributed by atoms with Gasteiger partial charge in [0.2, 0.25) is 0 Å². The molecule has 0 saturated heterocycles. The van der Waals surface area contributed by atoms with E-state index in [1.807, 2.05) is 18.2 Å². The van der Waals surface area contributed by atoms with Gasteiger partial charge < -0.3 is 24.8 Å². The second kappa shape index (κ2) is 7.64. The highest BCUT2D eigenvalue weighted by Crippen LogP contribution is 2.62. The van der Waals surface area contributed by atoms with Crippen LogP contribution in [-0.4, -0.2) is 32.5 Å². The quantitative estimate of drug-likeness (QED) is 0.486. The van der Waals surface area contributed by atoms with Crippen molar-refractivity contribution in [2.24, 2.45) is 0 Å². The predicted octanol–water partition coefficient (Wildman–Crippen LogP) is 5.51. The first-order valence-electron chi connectivity index (χ1n) is 11.0. The fourth-order valence-corrected chi connectivity index (χ4v) is 6.35. The lowest BCUT2D eigenvalue weighted by molar-refractivity contribution is 0.252. The van der Waals surface area contributed by atoms with Crippen LogP contribution in [0.15, 0.2) is 53.0 Å². The van der Waals surface area contributed by atoms with Crippen molar-refractivity contribution in [3.63, 3.8) is 0 Å². The first kappa shape index (κ1) is 20.8. The Hall–Kier alpha value is -2.77. The number of fused-ring (bicyclic) bond motifs is 10.